The number of thiazole rings is 1. The molecule has 0 bridgehead atoms. The molecule has 0 saturated heterocycles. The zero-order valence-electron chi connectivity index (χ0n) is 6.81. The van der Waals surface area contributed by atoms with Gasteiger partial charge in [-0.2, -0.15) is 8.75 Å². The third-order valence-electron chi connectivity index (χ3n) is 1.89. The van der Waals surface area contributed by atoms with E-state index in [-0.39, 0.29) is 0 Å². The van der Waals surface area contributed by atoms with Crippen LogP contribution in [0.3, 0.4) is 0 Å². The Balaban J connectivity index is 2.64. The van der Waals surface area contributed by atoms with E-state index in [9.17, 15) is 0 Å². The molecule has 0 atom stereocenters. The molecule has 5 heteroatoms. The maximum Gasteiger partial charge on any atom is 0.131 e. The highest BCUT2D eigenvalue weighted by Crippen LogP contribution is 2.27. The standard InChI is InChI=1S/C8H5N3S2/c1-4-9-8-6(12-4)3-2-5-7(8)11-13-10-5/h2-3H,1H3. The van der Waals surface area contributed by atoms with E-state index in [0.29, 0.717) is 0 Å². The number of aromatic nitrogens is 3. The number of hydrogen-bond acceptors (Lipinski definition) is 5. The van der Waals surface area contributed by atoms with Crippen molar-refractivity contribution in [3.8, 4) is 0 Å². The van der Waals surface area contributed by atoms with Gasteiger partial charge in [-0.05, 0) is 19.1 Å². The Labute approximate surface area is 82.4 Å². The Morgan fingerprint density at radius 2 is 2.08 bits per heavy atom. The number of nitrogens with zero attached hydrogens (tertiary/aromatic N) is 3. The van der Waals surface area contributed by atoms with Gasteiger partial charge in [-0.15, -0.1) is 11.3 Å². The SMILES string of the molecule is Cc1nc2c(ccc3nsnc32)s1. The third-order valence-corrected chi connectivity index (χ3v) is 3.37. The Morgan fingerprint density at radius 3 is 3.00 bits per heavy atom. The van der Waals surface area contributed by atoms with Crippen LogP contribution in [0.2, 0.25) is 0 Å². The van der Waals surface area contributed by atoms with Gasteiger partial charge >= 0.3 is 0 Å². The summed E-state index contributed by atoms with van der Waals surface area (Å²) < 4.78 is 9.60. The molecule has 0 N–H and O–H groups in total. The second-order valence-corrected chi connectivity index (χ2v) is 4.54. The highest BCUT2D eigenvalue weighted by Gasteiger charge is 2.07. The molecule has 0 amide bonds. The smallest absolute Gasteiger partial charge is 0.131 e. The lowest BCUT2D eigenvalue weighted by molar-refractivity contribution is 1.35. The number of benzene rings is 1. The molecule has 0 unspecified atom stereocenters. The zero-order valence-corrected chi connectivity index (χ0v) is 8.45. The predicted octanol–water partition coefficient (Wildman–Crippen LogP) is 2.61. The summed E-state index contributed by atoms with van der Waals surface area (Å²) in [7, 11) is 0. The molecule has 0 radical (unpaired) electrons. The van der Waals surface area contributed by atoms with E-state index in [2.05, 4.69) is 19.8 Å². The molecule has 2 aromatic heterocycles. The molecule has 3 aromatic rings. The Kier molecular flexibility index (Phi) is 1.39. The number of aryl methyl sites for hydroxylation is 1. The van der Waals surface area contributed by atoms with Crippen LogP contribution in [0, 0.1) is 6.92 Å². The third kappa shape index (κ3) is 0.973. The first-order chi connectivity index (χ1) is 6.34. The number of rotatable bonds is 0. The second kappa shape index (κ2) is 2.46. The van der Waals surface area contributed by atoms with Crippen LogP contribution in [-0.2, 0) is 0 Å². The van der Waals surface area contributed by atoms with Crippen molar-refractivity contribution in [1.29, 1.82) is 0 Å². The van der Waals surface area contributed by atoms with Crippen molar-refractivity contribution in [3.05, 3.63) is 17.1 Å². The summed E-state index contributed by atoms with van der Waals surface area (Å²) in [5.41, 5.74) is 2.88. The van der Waals surface area contributed by atoms with Gasteiger partial charge in [-0.25, -0.2) is 4.98 Å². The average molecular weight is 207 g/mol. The largest absolute Gasteiger partial charge is 0.239 e. The fourth-order valence-corrected chi connectivity index (χ4v) is 2.72. The van der Waals surface area contributed by atoms with E-state index >= 15 is 0 Å². The lowest BCUT2D eigenvalue weighted by Crippen LogP contribution is -1.73. The van der Waals surface area contributed by atoms with E-state index < -0.39 is 0 Å². The van der Waals surface area contributed by atoms with Crippen molar-refractivity contribution < 1.29 is 0 Å². The van der Waals surface area contributed by atoms with Crippen molar-refractivity contribution in [3.63, 3.8) is 0 Å². The van der Waals surface area contributed by atoms with E-state index in [1.54, 1.807) is 11.3 Å². The molecular formula is C8H5N3S2. The molecule has 13 heavy (non-hydrogen) atoms. The molecule has 1 aromatic carbocycles. The quantitative estimate of drug-likeness (QED) is 0.568. The summed E-state index contributed by atoms with van der Waals surface area (Å²) >= 11 is 2.94. The molecule has 0 aliphatic carbocycles. The minimum absolute atomic E-state index is 0.937. The van der Waals surface area contributed by atoms with Crippen LogP contribution >= 0.6 is 23.1 Å². The van der Waals surface area contributed by atoms with Crippen molar-refractivity contribution in [2.75, 3.05) is 0 Å². The molecule has 3 nitrogen and oxygen atoms in total. The first-order valence-electron chi connectivity index (χ1n) is 3.83. The lowest BCUT2D eigenvalue weighted by atomic mass is 10.3. The number of fused-ring (bicyclic) bond motifs is 3. The van der Waals surface area contributed by atoms with Crippen LogP contribution < -0.4 is 0 Å². The summed E-state index contributed by atoms with van der Waals surface area (Å²) in [5.74, 6) is 0. The van der Waals surface area contributed by atoms with Crippen LogP contribution in [0.5, 0.6) is 0 Å². The highest BCUT2D eigenvalue weighted by atomic mass is 32.1. The Morgan fingerprint density at radius 1 is 1.15 bits per heavy atom. The fraction of sp³-hybridized carbons (Fsp3) is 0.125. The van der Waals surface area contributed by atoms with Crippen LogP contribution in [-0.4, -0.2) is 13.7 Å². The van der Waals surface area contributed by atoms with E-state index in [1.165, 1.54) is 16.4 Å². The van der Waals surface area contributed by atoms with Gasteiger partial charge in [0.25, 0.3) is 0 Å². The van der Waals surface area contributed by atoms with Gasteiger partial charge in [-0.1, -0.05) is 0 Å². The summed E-state index contributed by atoms with van der Waals surface area (Å²) in [5, 5.41) is 1.08. The summed E-state index contributed by atoms with van der Waals surface area (Å²) in [6.45, 7) is 2.01. The maximum atomic E-state index is 4.44. The average Bonchev–Trinajstić information content (AvgIpc) is 2.65. The predicted molar refractivity (Wildman–Crippen MR) is 55.3 cm³/mol. The molecule has 0 aliphatic heterocycles. The monoisotopic (exact) mass is 207 g/mol. The van der Waals surface area contributed by atoms with Gasteiger partial charge in [0.1, 0.15) is 16.6 Å². The normalized spacial score (nSPS) is 11.5. The lowest BCUT2D eigenvalue weighted by Gasteiger charge is -1.86. The van der Waals surface area contributed by atoms with E-state index in [0.717, 1.165) is 21.6 Å². The molecule has 64 valence electrons. The first kappa shape index (κ1) is 7.34. The zero-order chi connectivity index (χ0) is 8.84. The van der Waals surface area contributed by atoms with E-state index in [4.69, 9.17) is 0 Å². The molecule has 0 fully saturated rings. The van der Waals surface area contributed by atoms with Gasteiger partial charge in [0, 0.05) is 0 Å². The van der Waals surface area contributed by atoms with Crippen LogP contribution in [0.25, 0.3) is 21.3 Å². The topological polar surface area (TPSA) is 38.7 Å². The van der Waals surface area contributed by atoms with Crippen LogP contribution in [0.1, 0.15) is 5.01 Å². The summed E-state index contributed by atoms with van der Waals surface area (Å²) in [4.78, 5) is 4.44. The van der Waals surface area contributed by atoms with Gasteiger partial charge < -0.3 is 0 Å². The molecular weight excluding hydrogens is 202 g/mol. The molecule has 3 rings (SSSR count). The fourth-order valence-electron chi connectivity index (χ4n) is 1.35. The summed E-state index contributed by atoms with van der Waals surface area (Å²) in [6, 6.07) is 4.06. The number of hydrogen-bond donors (Lipinski definition) is 0. The van der Waals surface area contributed by atoms with Gasteiger partial charge in [-0.3, -0.25) is 0 Å². The van der Waals surface area contributed by atoms with E-state index in [1.807, 2.05) is 13.0 Å². The van der Waals surface area contributed by atoms with Crippen LogP contribution in [0.4, 0.5) is 0 Å². The Hall–Kier alpha value is -1.07. The van der Waals surface area contributed by atoms with Gasteiger partial charge in [0.2, 0.25) is 0 Å². The van der Waals surface area contributed by atoms with Crippen LogP contribution in [0.15, 0.2) is 12.1 Å². The maximum absolute atomic E-state index is 4.44. The van der Waals surface area contributed by atoms with Crippen molar-refractivity contribution in [1.82, 2.24) is 13.7 Å². The first-order valence-corrected chi connectivity index (χ1v) is 5.38. The minimum Gasteiger partial charge on any atom is -0.239 e. The van der Waals surface area contributed by atoms with Crippen molar-refractivity contribution >= 4 is 44.3 Å². The molecule has 0 saturated carbocycles. The van der Waals surface area contributed by atoms with Gasteiger partial charge in [0.05, 0.1) is 21.4 Å². The Bertz CT molecular complexity index is 581. The molecule has 2 heterocycles. The minimum atomic E-state index is 0.937. The molecule has 0 spiro atoms. The second-order valence-electron chi connectivity index (χ2n) is 2.78. The van der Waals surface area contributed by atoms with Crippen molar-refractivity contribution in [2.45, 2.75) is 6.92 Å². The summed E-state index contributed by atoms with van der Waals surface area (Å²) in [6.07, 6.45) is 0. The molecule has 0 aliphatic rings. The highest BCUT2D eigenvalue weighted by molar-refractivity contribution is 7.18. The van der Waals surface area contributed by atoms with Gasteiger partial charge in [0.15, 0.2) is 0 Å². The van der Waals surface area contributed by atoms with Crippen molar-refractivity contribution in [2.24, 2.45) is 0 Å².